The molecule has 2 aromatic rings. The average molecular weight is 298 g/mol. The lowest BCUT2D eigenvalue weighted by molar-refractivity contribution is 0.619. The van der Waals surface area contributed by atoms with Gasteiger partial charge in [0, 0.05) is 10.2 Å². The number of benzene rings is 1. The Morgan fingerprint density at radius 3 is 2.88 bits per heavy atom. The Hall–Kier alpha value is -1.73. The second kappa shape index (κ2) is 5.07. The Bertz CT molecular complexity index is 534. The number of nitrogen functional groups attached to an aromatic ring is 1. The number of rotatable bonds is 3. The molecule has 2 rings (SSSR count). The van der Waals surface area contributed by atoms with Crippen LogP contribution in [0.2, 0.25) is 0 Å². The van der Waals surface area contributed by atoms with Gasteiger partial charge in [-0.05, 0) is 18.2 Å². The van der Waals surface area contributed by atoms with Crippen LogP contribution in [0.4, 0.5) is 21.8 Å². The van der Waals surface area contributed by atoms with Crippen LogP contribution in [0.25, 0.3) is 0 Å². The summed E-state index contributed by atoms with van der Waals surface area (Å²) < 4.78 is 14.3. The number of aromatic nitrogens is 2. The molecular formula is C10H9BrFN5. The van der Waals surface area contributed by atoms with Crippen LogP contribution in [-0.2, 0) is 0 Å². The molecule has 0 spiro atoms. The Morgan fingerprint density at radius 1 is 1.35 bits per heavy atom. The van der Waals surface area contributed by atoms with Gasteiger partial charge < -0.3 is 5.32 Å². The summed E-state index contributed by atoms with van der Waals surface area (Å²) in [6.45, 7) is 0. The van der Waals surface area contributed by atoms with Gasteiger partial charge in [0.25, 0.3) is 0 Å². The van der Waals surface area contributed by atoms with Crippen molar-refractivity contribution in [1.29, 1.82) is 0 Å². The Morgan fingerprint density at radius 2 is 2.18 bits per heavy atom. The molecule has 88 valence electrons. The van der Waals surface area contributed by atoms with Crippen molar-refractivity contribution in [3.63, 3.8) is 0 Å². The van der Waals surface area contributed by atoms with Gasteiger partial charge in [0.05, 0.1) is 6.20 Å². The van der Waals surface area contributed by atoms with Gasteiger partial charge in [-0.1, -0.05) is 22.0 Å². The van der Waals surface area contributed by atoms with Gasteiger partial charge in [-0.25, -0.2) is 15.2 Å². The third-order valence-electron chi connectivity index (χ3n) is 1.96. The quantitative estimate of drug-likeness (QED) is 0.599. The zero-order valence-electron chi connectivity index (χ0n) is 8.61. The molecule has 17 heavy (non-hydrogen) atoms. The molecule has 0 fully saturated rings. The summed E-state index contributed by atoms with van der Waals surface area (Å²) in [4.78, 5) is 7.51. The molecule has 7 heteroatoms. The first-order valence-corrected chi connectivity index (χ1v) is 5.50. The van der Waals surface area contributed by atoms with Crippen LogP contribution in [0.1, 0.15) is 0 Å². The molecule has 0 saturated carbocycles. The van der Waals surface area contributed by atoms with E-state index >= 15 is 0 Å². The molecule has 1 aromatic carbocycles. The molecular weight excluding hydrogens is 289 g/mol. The molecule has 0 aliphatic rings. The molecule has 5 nitrogen and oxygen atoms in total. The van der Waals surface area contributed by atoms with Gasteiger partial charge in [0.15, 0.2) is 11.6 Å². The Balaban J connectivity index is 2.29. The molecule has 0 amide bonds. The summed E-state index contributed by atoms with van der Waals surface area (Å²) in [7, 11) is 0. The number of nitrogens with two attached hydrogens (primary N) is 1. The van der Waals surface area contributed by atoms with Crippen molar-refractivity contribution in [2.45, 2.75) is 0 Å². The maximum atomic E-state index is 13.4. The molecule has 1 heterocycles. The van der Waals surface area contributed by atoms with Crippen molar-refractivity contribution >= 4 is 33.4 Å². The van der Waals surface area contributed by atoms with Crippen LogP contribution < -0.4 is 16.6 Å². The maximum absolute atomic E-state index is 13.4. The van der Waals surface area contributed by atoms with Gasteiger partial charge in [-0.3, -0.25) is 5.43 Å². The summed E-state index contributed by atoms with van der Waals surface area (Å²) in [5.41, 5.74) is 2.96. The molecule has 0 aliphatic heterocycles. The molecule has 4 N–H and O–H groups in total. The monoisotopic (exact) mass is 297 g/mol. The van der Waals surface area contributed by atoms with E-state index in [1.807, 2.05) is 12.1 Å². The van der Waals surface area contributed by atoms with E-state index in [2.05, 4.69) is 36.6 Å². The van der Waals surface area contributed by atoms with Crippen molar-refractivity contribution < 1.29 is 4.39 Å². The van der Waals surface area contributed by atoms with Crippen molar-refractivity contribution in [2.75, 3.05) is 10.7 Å². The van der Waals surface area contributed by atoms with E-state index in [1.54, 1.807) is 12.1 Å². The van der Waals surface area contributed by atoms with E-state index in [4.69, 9.17) is 5.84 Å². The summed E-state index contributed by atoms with van der Waals surface area (Å²) in [6, 6.07) is 7.29. The predicted molar refractivity (Wildman–Crippen MR) is 67.2 cm³/mol. The standard InChI is InChI=1S/C10H9BrFN5/c11-6-2-1-3-7(4-6)15-9-8(12)5-14-10(16-9)17-13/h1-5H,13H2,(H2,14,15,16,17). The summed E-state index contributed by atoms with van der Waals surface area (Å²) in [5.74, 6) is 4.81. The molecule has 0 saturated heterocycles. The topological polar surface area (TPSA) is 75.9 Å². The van der Waals surface area contributed by atoms with E-state index in [0.717, 1.165) is 10.7 Å². The number of hydrogen-bond donors (Lipinski definition) is 3. The van der Waals surface area contributed by atoms with Crippen LogP contribution in [0.15, 0.2) is 34.9 Å². The number of halogens is 2. The minimum atomic E-state index is -0.552. The summed E-state index contributed by atoms with van der Waals surface area (Å²) in [5, 5.41) is 2.84. The zero-order chi connectivity index (χ0) is 12.3. The van der Waals surface area contributed by atoms with Gasteiger partial charge in [-0.2, -0.15) is 4.98 Å². The number of nitrogens with zero attached hydrogens (tertiary/aromatic N) is 2. The number of nitrogens with one attached hydrogen (secondary N) is 2. The highest BCUT2D eigenvalue weighted by Gasteiger charge is 2.06. The highest BCUT2D eigenvalue weighted by Crippen LogP contribution is 2.21. The normalized spacial score (nSPS) is 10.1. The predicted octanol–water partition coefficient (Wildman–Crippen LogP) is 2.41. The van der Waals surface area contributed by atoms with Crippen molar-refractivity contribution in [1.82, 2.24) is 9.97 Å². The molecule has 0 radical (unpaired) electrons. The average Bonchev–Trinajstić information content (AvgIpc) is 2.32. The molecule has 0 atom stereocenters. The Labute approximate surface area is 105 Å². The van der Waals surface area contributed by atoms with Crippen LogP contribution in [-0.4, -0.2) is 9.97 Å². The first-order chi connectivity index (χ1) is 8.19. The molecule has 0 unspecified atom stereocenters. The fourth-order valence-corrected chi connectivity index (χ4v) is 1.63. The Kier molecular flexibility index (Phi) is 3.50. The highest BCUT2D eigenvalue weighted by atomic mass is 79.9. The fourth-order valence-electron chi connectivity index (χ4n) is 1.23. The van der Waals surface area contributed by atoms with E-state index < -0.39 is 5.82 Å². The molecule has 1 aromatic heterocycles. The maximum Gasteiger partial charge on any atom is 0.239 e. The molecule has 0 bridgehead atoms. The lowest BCUT2D eigenvalue weighted by Crippen LogP contribution is -2.11. The number of anilines is 3. The van der Waals surface area contributed by atoms with Gasteiger partial charge in [0.1, 0.15) is 0 Å². The van der Waals surface area contributed by atoms with Crippen molar-refractivity contribution in [3.8, 4) is 0 Å². The second-order valence-electron chi connectivity index (χ2n) is 3.17. The first kappa shape index (κ1) is 11.7. The van der Waals surface area contributed by atoms with Crippen molar-refractivity contribution in [3.05, 3.63) is 40.8 Å². The fraction of sp³-hybridized carbons (Fsp3) is 0. The van der Waals surface area contributed by atoms with Crippen LogP contribution >= 0.6 is 15.9 Å². The summed E-state index contributed by atoms with van der Waals surface area (Å²) >= 11 is 3.32. The minimum absolute atomic E-state index is 0.0612. The van der Waals surface area contributed by atoms with Crippen molar-refractivity contribution in [2.24, 2.45) is 5.84 Å². The lowest BCUT2D eigenvalue weighted by Gasteiger charge is -2.07. The van der Waals surface area contributed by atoms with Gasteiger partial charge >= 0.3 is 0 Å². The van der Waals surface area contributed by atoms with E-state index in [9.17, 15) is 4.39 Å². The van der Waals surface area contributed by atoms with Gasteiger partial charge in [-0.15, -0.1) is 0 Å². The largest absolute Gasteiger partial charge is 0.338 e. The lowest BCUT2D eigenvalue weighted by atomic mass is 10.3. The van der Waals surface area contributed by atoms with Crippen LogP contribution in [0, 0.1) is 5.82 Å². The third-order valence-corrected chi connectivity index (χ3v) is 2.45. The van der Waals surface area contributed by atoms with Crippen LogP contribution in [0.5, 0.6) is 0 Å². The van der Waals surface area contributed by atoms with E-state index in [-0.39, 0.29) is 11.8 Å². The third kappa shape index (κ3) is 2.89. The molecule has 0 aliphatic carbocycles. The zero-order valence-corrected chi connectivity index (χ0v) is 10.2. The first-order valence-electron chi connectivity index (χ1n) is 4.71. The van der Waals surface area contributed by atoms with E-state index in [0.29, 0.717) is 5.69 Å². The summed E-state index contributed by atoms with van der Waals surface area (Å²) in [6.07, 6.45) is 1.04. The van der Waals surface area contributed by atoms with Crippen LogP contribution in [0.3, 0.4) is 0 Å². The number of hydrazine groups is 1. The number of hydrogen-bond acceptors (Lipinski definition) is 5. The van der Waals surface area contributed by atoms with Gasteiger partial charge in [0.2, 0.25) is 5.95 Å². The second-order valence-corrected chi connectivity index (χ2v) is 4.09. The SMILES string of the molecule is NNc1ncc(F)c(Nc2cccc(Br)c2)n1. The minimum Gasteiger partial charge on any atom is -0.338 e. The highest BCUT2D eigenvalue weighted by molar-refractivity contribution is 9.10. The van der Waals surface area contributed by atoms with E-state index in [1.165, 1.54) is 0 Å². The smallest absolute Gasteiger partial charge is 0.239 e.